The molecule has 0 spiro atoms. The van der Waals surface area contributed by atoms with E-state index in [4.69, 9.17) is 9.47 Å². The molecule has 0 saturated heterocycles. The van der Waals surface area contributed by atoms with E-state index in [9.17, 15) is 0 Å². The lowest BCUT2D eigenvalue weighted by Gasteiger charge is -2.16. The molecule has 0 aliphatic carbocycles. The van der Waals surface area contributed by atoms with Gasteiger partial charge in [0.15, 0.2) is 0 Å². The third-order valence-electron chi connectivity index (χ3n) is 3.24. The van der Waals surface area contributed by atoms with Crippen LogP contribution in [-0.2, 0) is 0 Å². The quantitative estimate of drug-likeness (QED) is 0.802. The molecule has 3 nitrogen and oxygen atoms in total. The summed E-state index contributed by atoms with van der Waals surface area (Å²) in [5.41, 5.74) is 2.31. The fourth-order valence-corrected chi connectivity index (χ4v) is 2.17. The highest BCUT2D eigenvalue weighted by Gasteiger charge is 2.05. The predicted octanol–water partition coefficient (Wildman–Crippen LogP) is 4.66. The Kier molecular flexibility index (Phi) is 5.50. The van der Waals surface area contributed by atoms with Crippen LogP contribution >= 0.6 is 0 Å². The second kappa shape index (κ2) is 7.58. The zero-order valence-electron chi connectivity index (χ0n) is 12.9. The van der Waals surface area contributed by atoms with Gasteiger partial charge in [-0.2, -0.15) is 0 Å². The molecule has 1 atom stereocenters. The van der Waals surface area contributed by atoms with Crippen molar-refractivity contribution in [2.75, 3.05) is 18.5 Å². The van der Waals surface area contributed by atoms with Crippen LogP contribution in [0.1, 0.15) is 32.4 Å². The van der Waals surface area contributed by atoms with Crippen molar-refractivity contribution in [3.8, 4) is 11.5 Å². The summed E-state index contributed by atoms with van der Waals surface area (Å²) >= 11 is 0. The average molecular weight is 285 g/mol. The maximum atomic E-state index is 5.46. The molecule has 0 amide bonds. The highest BCUT2D eigenvalue weighted by atomic mass is 16.5. The zero-order valence-corrected chi connectivity index (χ0v) is 12.9. The topological polar surface area (TPSA) is 30.5 Å². The molecule has 0 heterocycles. The Hall–Kier alpha value is -2.16. The van der Waals surface area contributed by atoms with Crippen molar-refractivity contribution in [1.29, 1.82) is 0 Å². The van der Waals surface area contributed by atoms with Crippen molar-refractivity contribution in [3.05, 3.63) is 54.1 Å². The van der Waals surface area contributed by atoms with Crippen LogP contribution < -0.4 is 14.8 Å². The fraction of sp³-hybridized carbons (Fsp3) is 0.333. The molecule has 112 valence electrons. The summed E-state index contributed by atoms with van der Waals surface area (Å²) in [4.78, 5) is 0. The fourth-order valence-electron chi connectivity index (χ4n) is 2.17. The van der Waals surface area contributed by atoms with E-state index < -0.39 is 0 Å². The van der Waals surface area contributed by atoms with Crippen LogP contribution in [-0.4, -0.2) is 13.2 Å². The van der Waals surface area contributed by atoms with Crippen LogP contribution in [0.15, 0.2) is 48.5 Å². The summed E-state index contributed by atoms with van der Waals surface area (Å²) < 4.78 is 10.9. The first-order valence-corrected chi connectivity index (χ1v) is 7.45. The predicted molar refractivity (Wildman–Crippen MR) is 87.3 cm³/mol. The Morgan fingerprint density at radius 2 is 1.29 bits per heavy atom. The number of rotatable bonds is 7. The second-order valence-electron chi connectivity index (χ2n) is 4.83. The minimum Gasteiger partial charge on any atom is -0.494 e. The summed E-state index contributed by atoms with van der Waals surface area (Å²) in [5, 5.41) is 3.48. The number of nitrogens with one attached hydrogen (secondary N) is 1. The molecule has 21 heavy (non-hydrogen) atoms. The van der Waals surface area contributed by atoms with Gasteiger partial charge in [0.2, 0.25) is 0 Å². The molecule has 2 aromatic carbocycles. The highest BCUT2D eigenvalue weighted by molar-refractivity contribution is 5.48. The first-order chi connectivity index (χ1) is 10.2. The SMILES string of the molecule is CCOc1ccc(NC(C)c2ccc(OCC)cc2)cc1. The maximum Gasteiger partial charge on any atom is 0.119 e. The van der Waals surface area contributed by atoms with Crippen molar-refractivity contribution in [3.63, 3.8) is 0 Å². The van der Waals surface area contributed by atoms with Crippen LogP contribution in [0.5, 0.6) is 11.5 Å². The van der Waals surface area contributed by atoms with Crippen molar-refractivity contribution in [2.45, 2.75) is 26.8 Å². The average Bonchev–Trinajstić information content (AvgIpc) is 2.50. The first-order valence-electron chi connectivity index (χ1n) is 7.45. The Morgan fingerprint density at radius 3 is 1.76 bits per heavy atom. The summed E-state index contributed by atoms with van der Waals surface area (Å²) in [7, 11) is 0. The van der Waals surface area contributed by atoms with E-state index in [2.05, 4.69) is 24.4 Å². The highest BCUT2D eigenvalue weighted by Crippen LogP contribution is 2.23. The molecule has 0 aliphatic heterocycles. The second-order valence-corrected chi connectivity index (χ2v) is 4.83. The summed E-state index contributed by atoms with van der Waals surface area (Å²) in [5.74, 6) is 1.81. The van der Waals surface area contributed by atoms with E-state index in [0.29, 0.717) is 13.2 Å². The van der Waals surface area contributed by atoms with Crippen molar-refractivity contribution >= 4 is 5.69 Å². The molecular weight excluding hydrogens is 262 g/mol. The number of hydrogen-bond acceptors (Lipinski definition) is 3. The monoisotopic (exact) mass is 285 g/mol. The van der Waals surface area contributed by atoms with Gasteiger partial charge in [-0.3, -0.25) is 0 Å². The Bertz CT molecular complexity index is 534. The number of hydrogen-bond donors (Lipinski definition) is 1. The molecular formula is C18H23NO2. The normalized spacial score (nSPS) is 11.8. The molecule has 1 N–H and O–H groups in total. The smallest absolute Gasteiger partial charge is 0.119 e. The van der Waals surface area contributed by atoms with Crippen LogP contribution in [0.2, 0.25) is 0 Å². The lowest BCUT2D eigenvalue weighted by Crippen LogP contribution is -2.06. The van der Waals surface area contributed by atoms with E-state index >= 15 is 0 Å². The van der Waals surface area contributed by atoms with Gasteiger partial charge in [-0.1, -0.05) is 12.1 Å². The van der Waals surface area contributed by atoms with Gasteiger partial charge in [0.1, 0.15) is 11.5 Å². The number of ether oxygens (including phenoxy) is 2. The molecule has 0 radical (unpaired) electrons. The van der Waals surface area contributed by atoms with Crippen molar-refractivity contribution in [1.82, 2.24) is 0 Å². The molecule has 3 heteroatoms. The zero-order chi connectivity index (χ0) is 15.1. The van der Waals surface area contributed by atoms with E-state index in [1.165, 1.54) is 5.56 Å². The molecule has 2 rings (SSSR count). The Labute approximate surface area is 126 Å². The molecule has 2 aromatic rings. The molecule has 0 aromatic heterocycles. The van der Waals surface area contributed by atoms with Gasteiger partial charge >= 0.3 is 0 Å². The van der Waals surface area contributed by atoms with E-state index in [1.807, 2.05) is 50.2 Å². The third kappa shape index (κ3) is 4.42. The van der Waals surface area contributed by atoms with Gasteiger partial charge in [-0.15, -0.1) is 0 Å². The summed E-state index contributed by atoms with van der Waals surface area (Å²) in [6, 6.07) is 16.5. The van der Waals surface area contributed by atoms with E-state index in [0.717, 1.165) is 17.2 Å². The molecule has 1 unspecified atom stereocenters. The van der Waals surface area contributed by atoms with Gasteiger partial charge in [-0.05, 0) is 62.7 Å². The van der Waals surface area contributed by atoms with Crippen LogP contribution in [0.3, 0.4) is 0 Å². The van der Waals surface area contributed by atoms with E-state index in [-0.39, 0.29) is 6.04 Å². The summed E-state index contributed by atoms with van der Waals surface area (Å²) in [6.07, 6.45) is 0. The Morgan fingerprint density at radius 1 is 0.810 bits per heavy atom. The van der Waals surface area contributed by atoms with Crippen LogP contribution in [0.4, 0.5) is 5.69 Å². The third-order valence-corrected chi connectivity index (χ3v) is 3.24. The molecule has 0 aliphatic rings. The minimum absolute atomic E-state index is 0.235. The van der Waals surface area contributed by atoms with Crippen LogP contribution in [0, 0.1) is 0 Å². The minimum atomic E-state index is 0.235. The Balaban J connectivity index is 1.98. The van der Waals surface area contributed by atoms with E-state index in [1.54, 1.807) is 0 Å². The van der Waals surface area contributed by atoms with Gasteiger partial charge in [0.05, 0.1) is 13.2 Å². The first kappa shape index (κ1) is 15.2. The largest absolute Gasteiger partial charge is 0.494 e. The van der Waals surface area contributed by atoms with Crippen LogP contribution in [0.25, 0.3) is 0 Å². The number of benzene rings is 2. The lowest BCUT2D eigenvalue weighted by molar-refractivity contribution is 0.340. The van der Waals surface area contributed by atoms with Gasteiger partial charge in [0.25, 0.3) is 0 Å². The molecule has 0 bridgehead atoms. The maximum absolute atomic E-state index is 5.46. The lowest BCUT2D eigenvalue weighted by atomic mass is 10.1. The molecule has 0 fully saturated rings. The molecule has 0 saturated carbocycles. The standard InChI is InChI=1S/C18H23NO2/c1-4-20-17-10-6-15(7-11-17)14(3)19-16-8-12-18(13-9-16)21-5-2/h6-14,19H,4-5H2,1-3H3. The van der Waals surface area contributed by atoms with Gasteiger partial charge in [-0.25, -0.2) is 0 Å². The van der Waals surface area contributed by atoms with Gasteiger partial charge < -0.3 is 14.8 Å². The van der Waals surface area contributed by atoms with Gasteiger partial charge in [0, 0.05) is 11.7 Å². The summed E-state index contributed by atoms with van der Waals surface area (Å²) in [6.45, 7) is 7.50. The van der Waals surface area contributed by atoms with Crippen molar-refractivity contribution in [2.24, 2.45) is 0 Å². The van der Waals surface area contributed by atoms with Crippen molar-refractivity contribution < 1.29 is 9.47 Å². The number of anilines is 1.